The van der Waals surface area contributed by atoms with E-state index in [0.29, 0.717) is 0 Å². The summed E-state index contributed by atoms with van der Waals surface area (Å²) in [6, 6.07) is 20.2. The Morgan fingerprint density at radius 2 is 1.78 bits per heavy atom. The fourth-order valence-electron chi connectivity index (χ4n) is 2.57. The van der Waals surface area contributed by atoms with Gasteiger partial charge in [-0.25, -0.2) is 0 Å². The van der Waals surface area contributed by atoms with Gasteiger partial charge in [-0.2, -0.15) is 0 Å². The number of para-hydroxylation sites is 1. The van der Waals surface area contributed by atoms with E-state index >= 15 is 0 Å². The van der Waals surface area contributed by atoms with Crippen molar-refractivity contribution < 1.29 is 4.42 Å². The average Bonchev–Trinajstić information content (AvgIpc) is 3.03. The molecule has 2 aromatic carbocycles. The highest BCUT2D eigenvalue weighted by atomic mass is 35.5. The Hall–Kier alpha value is -2.10. The van der Waals surface area contributed by atoms with Crippen molar-refractivity contribution in [2.75, 3.05) is 5.32 Å². The van der Waals surface area contributed by atoms with Crippen LogP contribution in [0, 0.1) is 0 Å². The van der Waals surface area contributed by atoms with Crippen LogP contribution < -0.4 is 5.32 Å². The fraction of sp³-hybridized carbons (Fsp3) is 0.0526. The van der Waals surface area contributed by atoms with Crippen LogP contribution in [-0.2, 0) is 0 Å². The summed E-state index contributed by atoms with van der Waals surface area (Å²) in [7, 11) is 0. The highest BCUT2D eigenvalue weighted by Gasteiger charge is 2.20. The first-order valence-corrected chi connectivity index (χ1v) is 8.59. The smallest absolute Gasteiger partial charge is 0.149 e. The first-order valence-electron chi connectivity index (χ1n) is 7.33. The lowest BCUT2D eigenvalue weighted by Crippen LogP contribution is -1.98. The number of fused-ring (bicyclic) bond motifs is 1. The number of rotatable bonds is 2. The highest BCUT2D eigenvalue weighted by molar-refractivity contribution is 7.99. The summed E-state index contributed by atoms with van der Waals surface area (Å²) in [5.41, 5.74) is 3.28. The third-order valence-electron chi connectivity index (χ3n) is 3.71. The molecule has 2 nitrogen and oxygen atoms in total. The Balaban J connectivity index is 1.80. The first-order chi connectivity index (χ1) is 11.3. The van der Waals surface area contributed by atoms with Crippen molar-refractivity contribution in [2.24, 2.45) is 0 Å². The maximum absolute atomic E-state index is 6.02. The molecule has 0 radical (unpaired) electrons. The normalized spacial score (nSPS) is 16.9. The molecule has 1 aromatic heterocycles. The summed E-state index contributed by atoms with van der Waals surface area (Å²) in [6.45, 7) is 0. The van der Waals surface area contributed by atoms with Crippen LogP contribution in [0.15, 0.2) is 82.3 Å². The van der Waals surface area contributed by atoms with Gasteiger partial charge in [0.05, 0.1) is 22.9 Å². The SMILES string of the molecule is Clc1ccc(C2C=C(c3ccco3)Nc3ccccc3S2)cc1. The molecule has 1 N–H and O–H groups in total. The van der Waals surface area contributed by atoms with Crippen molar-refractivity contribution >= 4 is 34.7 Å². The minimum Gasteiger partial charge on any atom is -0.463 e. The molecular weight excluding hydrogens is 326 g/mol. The van der Waals surface area contributed by atoms with Gasteiger partial charge in [0.1, 0.15) is 5.76 Å². The van der Waals surface area contributed by atoms with E-state index in [9.17, 15) is 0 Å². The van der Waals surface area contributed by atoms with Crippen LogP contribution in [0.1, 0.15) is 16.6 Å². The number of thioether (sulfide) groups is 1. The Morgan fingerprint density at radius 3 is 2.57 bits per heavy atom. The van der Waals surface area contributed by atoms with E-state index in [4.69, 9.17) is 16.0 Å². The number of furan rings is 1. The largest absolute Gasteiger partial charge is 0.463 e. The zero-order valence-electron chi connectivity index (χ0n) is 12.2. The van der Waals surface area contributed by atoms with Crippen molar-refractivity contribution in [1.29, 1.82) is 0 Å². The molecule has 0 bridgehead atoms. The van der Waals surface area contributed by atoms with Gasteiger partial charge in [0.15, 0.2) is 0 Å². The maximum Gasteiger partial charge on any atom is 0.149 e. The minimum atomic E-state index is 0.184. The van der Waals surface area contributed by atoms with Crippen LogP contribution in [0.3, 0.4) is 0 Å². The molecular formula is C19H14ClNOS. The molecule has 23 heavy (non-hydrogen) atoms. The number of benzene rings is 2. The second-order valence-corrected chi connectivity index (χ2v) is 6.89. The molecule has 3 aromatic rings. The molecule has 0 fully saturated rings. The van der Waals surface area contributed by atoms with Gasteiger partial charge in [0.25, 0.3) is 0 Å². The van der Waals surface area contributed by atoms with Crippen molar-refractivity contribution in [3.63, 3.8) is 0 Å². The third kappa shape index (κ3) is 3.03. The highest BCUT2D eigenvalue weighted by Crippen LogP contribution is 2.44. The van der Waals surface area contributed by atoms with Gasteiger partial charge in [0, 0.05) is 9.92 Å². The predicted octanol–water partition coefficient (Wildman–Crippen LogP) is 6.23. The number of anilines is 1. The molecule has 0 spiro atoms. The van der Waals surface area contributed by atoms with Gasteiger partial charge in [0.2, 0.25) is 0 Å². The molecule has 1 aliphatic rings. The van der Waals surface area contributed by atoms with E-state index in [-0.39, 0.29) is 5.25 Å². The number of hydrogen-bond acceptors (Lipinski definition) is 3. The van der Waals surface area contributed by atoms with Crippen LogP contribution in [-0.4, -0.2) is 0 Å². The lowest BCUT2D eigenvalue weighted by Gasteiger charge is -2.12. The Labute approximate surface area is 144 Å². The van der Waals surface area contributed by atoms with Crippen molar-refractivity contribution in [3.05, 3.63) is 89.3 Å². The molecule has 0 aliphatic carbocycles. The van der Waals surface area contributed by atoms with Crippen LogP contribution in [0.25, 0.3) is 5.70 Å². The second kappa shape index (κ2) is 6.19. The van der Waals surface area contributed by atoms with Crippen LogP contribution in [0.4, 0.5) is 5.69 Å². The maximum atomic E-state index is 6.02. The van der Waals surface area contributed by atoms with Crippen LogP contribution >= 0.6 is 23.4 Å². The molecule has 0 amide bonds. The van der Waals surface area contributed by atoms with Gasteiger partial charge in [-0.15, -0.1) is 11.8 Å². The zero-order chi connectivity index (χ0) is 15.6. The summed E-state index contributed by atoms with van der Waals surface area (Å²) >= 11 is 7.84. The van der Waals surface area contributed by atoms with Gasteiger partial charge in [-0.1, -0.05) is 35.9 Å². The van der Waals surface area contributed by atoms with E-state index in [1.807, 2.05) is 42.1 Å². The molecule has 2 heterocycles. The number of nitrogens with one attached hydrogen (secondary N) is 1. The van der Waals surface area contributed by atoms with Gasteiger partial charge < -0.3 is 9.73 Å². The summed E-state index contributed by atoms with van der Waals surface area (Å²) in [4.78, 5) is 1.21. The summed E-state index contributed by atoms with van der Waals surface area (Å²) in [6.07, 6.45) is 3.89. The van der Waals surface area contributed by atoms with Crippen molar-refractivity contribution in [3.8, 4) is 0 Å². The quantitative estimate of drug-likeness (QED) is 0.598. The molecule has 1 atom stereocenters. The van der Waals surface area contributed by atoms with E-state index in [0.717, 1.165) is 22.2 Å². The molecule has 0 saturated heterocycles. The molecule has 114 valence electrons. The van der Waals surface area contributed by atoms with E-state index in [1.54, 1.807) is 6.26 Å². The van der Waals surface area contributed by atoms with Gasteiger partial charge in [-0.05, 0) is 48.0 Å². The number of hydrogen-bond donors (Lipinski definition) is 1. The summed E-state index contributed by atoms with van der Waals surface area (Å²) < 4.78 is 5.59. The van der Waals surface area contributed by atoms with Crippen LogP contribution in [0.5, 0.6) is 0 Å². The Bertz CT molecular complexity index is 840. The standard InChI is InChI=1S/C19H14ClNOS/c20-14-9-7-13(8-10-14)19-12-16(17-5-3-11-22-17)21-15-4-1-2-6-18(15)23-19/h1-12,19,21H. The van der Waals surface area contributed by atoms with Crippen molar-refractivity contribution in [2.45, 2.75) is 10.1 Å². The van der Waals surface area contributed by atoms with Crippen molar-refractivity contribution in [1.82, 2.24) is 0 Å². The first kappa shape index (κ1) is 14.5. The van der Waals surface area contributed by atoms with Gasteiger partial charge in [-0.3, -0.25) is 0 Å². The lowest BCUT2D eigenvalue weighted by molar-refractivity contribution is 0.553. The fourth-order valence-corrected chi connectivity index (χ4v) is 3.87. The monoisotopic (exact) mass is 339 g/mol. The summed E-state index contributed by atoms with van der Waals surface area (Å²) in [5.74, 6) is 0.835. The molecule has 4 rings (SSSR count). The topological polar surface area (TPSA) is 25.2 Å². The van der Waals surface area contributed by atoms with E-state index in [2.05, 4.69) is 41.7 Å². The Kier molecular flexibility index (Phi) is 3.90. The second-order valence-electron chi connectivity index (χ2n) is 5.27. The van der Waals surface area contributed by atoms with Gasteiger partial charge >= 0.3 is 0 Å². The van der Waals surface area contributed by atoms with E-state index < -0.39 is 0 Å². The molecule has 0 saturated carbocycles. The lowest BCUT2D eigenvalue weighted by atomic mass is 10.1. The average molecular weight is 340 g/mol. The van der Waals surface area contributed by atoms with E-state index in [1.165, 1.54) is 10.5 Å². The zero-order valence-corrected chi connectivity index (χ0v) is 13.8. The number of halogens is 1. The van der Waals surface area contributed by atoms with Crippen LogP contribution in [0.2, 0.25) is 5.02 Å². The Morgan fingerprint density at radius 1 is 0.957 bits per heavy atom. The summed E-state index contributed by atoms with van der Waals surface area (Å²) in [5, 5.41) is 4.43. The third-order valence-corrected chi connectivity index (χ3v) is 5.24. The molecule has 1 unspecified atom stereocenters. The minimum absolute atomic E-state index is 0.184. The molecule has 1 aliphatic heterocycles. The predicted molar refractivity (Wildman–Crippen MR) is 96.8 cm³/mol. The molecule has 4 heteroatoms.